The second-order valence-corrected chi connectivity index (χ2v) is 7.43. The van der Waals surface area contributed by atoms with Crippen molar-refractivity contribution in [3.05, 3.63) is 23.3 Å². The summed E-state index contributed by atoms with van der Waals surface area (Å²) in [5.74, 6) is 1.36. The Morgan fingerprint density at radius 3 is 2.57 bits per heavy atom. The van der Waals surface area contributed by atoms with Crippen LogP contribution >= 0.6 is 0 Å². The number of ether oxygens (including phenoxy) is 1. The molecule has 0 aromatic heterocycles. The van der Waals surface area contributed by atoms with E-state index < -0.39 is 5.54 Å². The van der Waals surface area contributed by atoms with Gasteiger partial charge in [-0.05, 0) is 49.1 Å². The van der Waals surface area contributed by atoms with Crippen LogP contribution in [0.5, 0.6) is 11.5 Å². The zero-order valence-corrected chi connectivity index (χ0v) is 14.1. The topological polar surface area (TPSA) is 76.8 Å². The molecule has 1 aromatic rings. The summed E-state index contributed by atoms with van der Waals surface area (Å²) < 4.78 is 5.89. The minimum atomic E-state index is -0.484. The van der Waals surface area contributed by atoms with Crippen LogP contribution in [0.3, 0.4) is 0 Å². The zero-order valence-electron chi connectivity index (χ0n) is 14.1. The van der Waals surface area contributed by atoms with Gasteiger partial charge < -0.3 is 9.84 Å². The third-order valence-electron chi connectivity index (χ3n) is 5.06. The number of nitrogens with one attached hydrogen (secondary N) is 1. The van der Waals surface area contributed by atoms with E-state index in [1.54, 1.807) is 6.07 Å². The van der Waals surface area contributed by atoms with Gasteiger partial charge in [-0.15, -0.1) is 0 Å². The largest absolute Gasteiger partial charge is 0.504 e. The van der Waals surface area contributed by atoms with Gasteiger partial charge in [-0.25, -0.2) is 5.06 Å². The molecular weight excluding hydrogens is 292 g/mol. The molecule has 1 spiro atoms. The van der Waals surface area contributed by atoms with Crippen molar-refractivity contribution in [1.82, 2.24) is 5.06 Å². The summed E-state index contributed by atoms with van der Waals surface area (Å²) in [5.41, 5.74) is 0.964. The summed E-state index contributed by atoms with van der Waals surface area (Å²) in [6.07, 6.45) is 3.73. The van der Waals surface area contributed by atoms with E-state index in [-0.39, 0.29) is 11.6 Å². The third kappa shape index (κ3) is 2.47. The fourth-order valence-corrected chi connectivity index (χ4v) is 3.87. The van der Waals surface area contributed by atoms with Crippen LogP contribution in [0.2, 0.25) is 0 Å². The predicted molar refractivity (Wildman–Crippen MR) is 88.2 cm³/mol. The summed E-state index contributed by atoms with van der Waals surface area (Å²) in [5, 5.41) is 29.9. The molecule has 2 aliphatic rings. The van der Waals surface area contributed by atoms with Gasteiger partial charge in [-0.3, -0.25) is 10.6 Å². The Labute approximate surface area is 137 Å². The molecule has 1 aliphatic carbocycles. The molecule has 1 aromatic carbocycles. The van der Waals surface area contributed by atoms with Crippen molar-refractivity contribution in [3.63, 3.8) is 0 Å². The minimum absolute atomic E-state index is 0.0297. The molecule has 126 valence electrons. The molecule has 1 atom stereocenters. The molecule has 3 rings (SSSR count). The van der Waals surface area contributed by atoms with Crippen molar-refractivity contribution in [3.8, 4) is 11.5 Å². The van der Waals surface area contributed by atoms with Crippen molar-refractivity contribution in [2.24, 2.45) is 11.8 Å². The molecule has 5 heteroatoms. The average molecular weight is 318 g/mol. The Kier molecular flexibility index (Phi) is 4.00. The first kappa shape index (κ1) is 16.1. The summed E-state index contributed by atoms with van der Waals surface area (Å²) in [4.78, 5) is 0. The number of hydrogen-bond acceptors (Lipinski definition) is 4. The summed E-state index contributed by atoms with van der Waals surface area (Å²) in [6, 6.07) is 3.44. The van der Waals surface area contributed by atoms with E-state index in [1.807, 2.05) is 6.07 Å². The fraction of sp³-hybridized carbons (Fsp3) is 0.611. The first-order chi connectivity index (χ1) is 10.9. The maximum atomic E-state index is 10.4. The predicted octanol–water partition coefficient (Wildman–Crippen LogP) is 3.86. The molecule has 0 bridgehead atoms. The quantitative estimate of drug-likeness (QED) is 0.770. The summed E-state index contributed by atoms with van der Waals surface area (Å²) in [6.45, 7) is 6.97. The molecule has 5 nitrogen and oxygen atoms in total. The maximum Gasteiger partial charge on any atom is 0.172 e. The molecule has 0 saturated heterocycles. The Hall–Kier alpha value is -1.75. The number of aromatic hydroxyl groups is 1. The normalized spacial score (nSPS) is 19.9. The van der Waals surface area contributed by atoms with E-state index >= 15 is 0 Å². The smallest absolute Gasteiger partial charge is 0.172 e. The molecule has 3 N–H and O–H groups in total. The zero-order chi connectivity index (χ0) is 16.8. The highest BCUT2D eigenvalue weighted by Crippen LogP contribution is 2.54. The van der Waals surface area contributed by atoms with E-state index in [0.717, 1.165) is 36.3 Å². The number of benzene rings is 1. The second kappa shape index (κ2) is 5.71. The van der Waals surface area contributed by atoms with E-state index in [9.17, 15) is 10.3 Å². The van der Waals surface area contributed by atoms with Crippen molar-refractivity contribution in [2.75, 3.05) is 6.61 Å². The van der Waals surface area contributed by atoms with Crippen molar-refractivity contribution in [2.45, 2.75) is 52.0 Å². The third-order valence-corrected chi connectivity index (χ3v) is 5.06. The maximum absolute atomic E-state index is 10.4. The van der Waals surface area contributed by atoms with Crippen LogP contribution in [0.25, 0.3) is 0 Å². The Balaban J connectivity index is 1.89. The highest BCUT2D eigenvalue weighted by atomic mass is 16.5. The molecule has 0 radical (unpaired) electrons. The number of hydrogen-bond donors (Lipinski definition) is 3. The average Bonchev–Trinajstić information content (AvgIpc) is 2.66. The van der Waals surface area contributed by atoms with Gasteiger partial charge in [0.25, 0.3) is 0 Å². The fourth-order valence-electron chi connectivity index (χ4n) is 3.87. The van der Waals surface area contributed by atoms with Gasteiger partial charge in [0, 0.05) is 0 Å². The van der Waals surface area contributed by atoms with Gasteiger partial charge in [-0.2, -0.15) is 0 Å². The molecule has 0 amide bonds. The van der Waals surface area contributed by atoms with Crippen LogP contribution < -0.4 is 4.74 Å². The lowest BCUT2D eigenvalue weighted by Gasteiger charge is -2.43. The summed E-state index contributed by atoms with van der Waals surface area (Å²) >= 11 is 0. The van der Waals surface area contributed by atoms with Gasteiger partial charge >= 0.3 is 0 Å². The van der Waals surface area contributed by atoms with Crippen LogP contribution in [0.1, 0.15) is 57.6 Å². The number of nitrogens with zero attached hydrogens (tertiary/aromatic N) is 1. The van der Waals surface area contributed by atoms with Gasteiger partial charge in [-0.1, -0.05) is 26.8 Å². The Morgan fingerprint density at radius 2 is 2.00 bits per heavy atom. The summed E-state index contributed by atoms with van der Waals surface area (Å²) in [7, 11) is 0. The van der Waals surface area contributed by atoms with Gasteiger partial charge in [0.15, 0.2) is 17.3 Å². The Morgan fingerprint density at radius 1 is 1.30 bits per heavy atom. The number of amidine groups is 1. The molecule has 1 unspecified atom stereocenters. The molecule has 1 saturated carbocycles. The van der Waals surface area contributed by atoms with E-state index in [1.165, 1.54) is 0 Å². The highest BCUT2D eigenvalue weighted by molar-refractivity contribution is 6.04. The molecule has 1 heterocycles. The lowest BCUT2D eigenvalue weighted by molar-refractivity contribution is -0.138. The van der Waals surface area contributed by atoms with Crippen LogP contribution in [0, 0.1) is 17.2 Å². The van der Waals surface area contributed by atoms with E-state index in [4.69, 9.17) is 10.1 Å². The van der Waals surface area contributed by atoms with Crippen LogP contribution in [0.4, 0.5) is 0 Å². The molecular formula is C18H26N2O3. The van der Waals surface area contributed by atoms with Gasteiger partial charge in [0.05, 0.1) is 17.7 Å². The van der Waals surface area contributed by atoms with Crippen LogP contribution in [0.15, 0.2) is 12.1 Å². The number of phenolic OH excluding ortho intramolecular Hbond substituents is 1. The first-order valence-electron chi connectivity index (χ1n) is 8.44. The van der Waals surface area contributed by atoms with E-state index in [2.05, 4.69) is 20.8 Å². The first-order valence-corrected chi connectivity index (χ1v) is 8.44. The van der Waals surface area contributed by atoms with Gasteiger partial charge in [0.2, 0.25) is 0 Å². The van der Waals surface area contributed by atoms with Crippen molar-refractivity contribution in [1.29, 1.82) is 5.41 Å². The number of phenols is 1. The van der Waals surface area contributed by atoms with Crippen molar-refractivity contribution >= 4 is 5.84 Å². The van der Waals surface area contributed by atoms with Crippen molar-refractivity contribution < 1.29 is 15.1 Å². The number of hydroxylamine groups is 2. The van der Waals surface area contributed by atoms with Crippen LogP contribution in [-0.2, 0) is 5.54 Å². The molecule has 23 heavy (non-hydrogen) atoms. The van der Waals surface area contributed by atoms with Crippen LogP contribution in [-0.4, -0.2) is 27.8 Å². The standard InChI is InChI=1S/C18H26N2O3/c1-11(2)9-12(3)10-23-16-14(21)6-5-13-15(16)17(19)20(22)18(13)7-4-8-18/h5-6,11-12,19,21-22H,4,7-10H2,1-3H3. The van der Waals surface area contributed by atoms with Gasteiger partial charge in [0.1, 0.15) is 0 Å². The molecule has 1 fully saturated rings. The Bertz CT molecular complexity index is 623. The SMILES string of the molecule is CC(C)CC(C)COc1c(O)ccc2c1C(=N)N(O)C21CCC1. The van der Waals surface area contributed by atoms with E-state index in [0.29, 0.717) is 29.8 Å². The second-order valence-electron chi connectivity index (χ2n) is 7.43. The number of rotatable bonds is 5. The lowest BCUT2D eigenvalue weighted by Crippen LogP contribution is -2.46. The lowest BCUT2D eigenvalue weighted by atomic mass is 9.72. The molecule has 1 aliphatic heterocycles. The number of fused-ring (bicyclic) bond motifs is 2. The monoisotopic (exact) mass is 318 g/mol. The highest BCUT2D eigenvalue weighted by Gasteiger charge is 2.53. The minimum Gasteiger partial charge on any atom is -0.504 e.